The number of fused-ring (bicyclic) bond motifs is 1. The van der Waals surface area contributed by atoms with Gasteiger partial charge in [0.1, 0.15) is 17.2 Å². The van der Waals surface area contributed by atoms with Gasteiger partial charge in [0.25, 0.3) is 0 Å². The fourth-order valence-corrected chi connectivity index (χ4v) is 4.41. The van der Waals surface area contributed by atoms with Gasteiger partial charge in [-0.1, -0.05) is 11.6 Å². The number of rotatable bonds is 12. The van der Waals surface area contributed by atoms with E-state index in [1.54, 1.807) is 31.6 Å². The highest BCUT2D eigenvalue weighted by atomic mass is 35.5. The molecule has 2 aromatic rings. The van der Waals surface area contributed by atoms with Crippen LogP contribution in [0.25, 0.3) is 11.0 Å². The van der Waals surface area contributed by atoms with Crippen molar-refractivity contribution in [2.45, 2.75) is 47.0 Å². The number of hydrogen-bond acceptors (Lipinski definition) is 8. The Morgan fingerprint density at radius 3 is 2.54 bits per heavy atom. The van der Waals surface area contributed by atoms with Gasteiger partial charge in [-0.05, 0) is 34.6 Å². The summed E-state index contributed by atoms with van der Waals surface area (Å²) in [4.78, 5) is 8.53. The molecule has 0 amide bonds. The Morgan fingerprint density at radius 2 is 1.89 bits per heavy atom. The van der Waals surface area contributed by atoms with E-state index >= 15 is 0 Å². The topological polar surface area (TPSA) is 97.6 Å². The van der Waals surface area contributed by atoms with Crippen molar-refractivity contribution in [3.63, 3.8) is 0 Å². The van der Waals surface area contributed by atoms with E-state index in [-0.39, 0.29) is 25.1 Å². The third-order valence-electron chi connectivity index (χ3n) is 3.81. The van der Waals surface area contributed by atoms with Crippen molar-refractivity contribution in [2.24, 2.45) is 0 Å². The molecule has 0 saturated heterocycles. The minimum atomic E-state index is -3.09. The van der Waals surface area contributed by atoms with E-state index in [0.717, 1.165) is 0 Å². The summed E-state index contributed by atoms with van der Waals surface area (Å²) in [7, 11) is -3.09. The van der Waals surface area contributed by atoms with Crippen LogP contribution in [0, 0.1) is 6.92 Å². The summed E-state index contributed by atoms with van der Waals surface area (Å²) in [6.45, 7) is 10.3. The van der Waals surface area contributed by atoms with Gasteiger partial charge in [-0.25, -0.2) is 14.6 Å². The van der Waals surface area contributed by atoms with Crippen LogP contribution in [0.3, 0.4) is 0 Å². The molecule has 28 heavy (non-hydrogen) atoms. The third-order valence-corrected chi connectivity index (χ3v) is 6.13. The standard InChI is InChI=1S/C17H28ClN4O5P/c1-6-25-28(23,26-7-2)9-8-24-11-12(3)27-14(5)22-17-15(10-19-22)16(18)20-13(4)21-17/h10,12,14H,6-9,11H2,1-5H3. The molecule has 0 N–H and O–H groups in total. The molecule has 2 aromatic heterocycles. The first-order valence-corrected chi connectivity index (χ1v) is 11.4. The molecular formula is C17H28ClN4O5P. The van der Waals surface area contributed by atoms with E-state index in [9.17, 15) is 4.57 Å². The molecule has 0 aliphatic rings. The number of aryl methyl sites for hydroxylation is 1. The zero-order valence-corrected chi connectivity index (χ0v) is 18.6. The van der Waals surface area contributed by atoms with Crippen molar-refractivity contribution in [3.8, 4) is 0 Å². The molecule has 0 aromatic carbocycles. The predicted octanol–water partition coefficient (Wildman–Crippen LogP) is 3.99. The molecular weight excluding hydrogens is 407 g/mol. The van der Waals surface area contributed by atoms with Gasteiger partial charge in [0.15, 0.2) is 5.65 Å². The average molecular weight is 435 g/mol. The van der Waals surface area contributed by atoms with Crippen molar-refractivity contribution in [1.82, 2.24) is 19.7 Å². The maximum absolute atomic E-state index is 12.4. The van der Waals surface area contributed by atoms with E-state index in [0.29, 0.717) is 41.8 Å². The van der Waals surface area contributed by atoms with Crippen LogP contribution in [0.4, 0.5) is 0 Å². The van der Waals surface area contributed by atoms with Crippen LogP contribution in [-0.4, -0.2) is 58.4 Å². The van der Waals surface area contributed by atoms with Crippen LogP contribution in [-0.2, 0) is 23.1 Å². The normalized spacial score (nSPS) is 14.5. The second-order valence-electron chi connectivity index (χ2n) is 6.18. The largest absolute Gasteiger partial charge is 0.378 e. The van der Waals surface area contributed by atoms with Gasteiger partial charge in [0.2, 0.25) is 0 Å². The molecule has 0 saturated carbocycles. The quantitative estimate of drug-likeness (QED) is 0.281. The third kappa shape index (κ3) is 6.20. The van der Waals surface area contributed by atoms with Gasteiger partial charge in [-0.2, -0.15) is 5.10 Å². The van der Waals surface area contributed by atoms with Gasteiger partial charge in [0, 0.05) is 0 Å². The minimum absolute atomic E-state index is 0.204. The maximum atomic E-state index is 12.4. The van der Waals surface area contributed by atoms with Gasteiger partial charge in [-0.3, -0.25) is 4.57 Å². The highest BCUT2D eigenvalue weighted by Gasteiger charge is 2.23. The maximum Gasteiger partial charge on any atom is 0.332 e. The molecule has 158 valence electrons. The minimum Gasteiger partial charge on any atom is -0.378 e. The molecule has 2 atom stereocenters. The molecule has 2 unspecified atom stereocenters. The molecule has 0 radical (unpaired) electrons. The molecule has 9 nitrogen and oxygen atoms in total. The fourth-order valence-electron chi connectivity index (χ4n) is 2.68. The number of aromatic nitrogens is 4. The zero-order chi connectivity index (χ0) is 20.7. The van der Waals surface area contributed by atoms with Crippen LogP contribution < -0.4 is 0 Å². The van der Waals surface area contributed by atoms with Crippen LogP contribution in [0.5, 0.6) is 0 Å². The number of nitrogens with zero attached hydrogens (tertiary/aromatic N) is 4. The average Bonchev–Trinajstić information content (AvgIpc) is 3.03. The van der Waals surface area contributed by atoms with E-state index in [4.69, 9.17) is 30.1 Å². The Kier molecular flexibility index (Phi) is 8.80. The lowest BCUT2D eigenvalue weighted by Gasteiger charge is -2.21. The summed E-state index contributed by atoms with van der Waals surface area (Å²) < 4.78 is 36.1. The molecule has 2 rings (SSSR count). The monoisotopic (exact) mass is 434 g/mol. The van der Waals surface area contributed by atoms with E-state index in [2.05, 4.69) is 15.1 Å². The highest BCUT2D eigenvalue weighted by Crippen LogP contribution is 2.47. The summed E-state index contributed by atoms with van der Waals surface area (Å²) in [5.41, 5.74) is 0.618. The highest BCUT2D eigenvalue weighted by molar-refractivity contribution is 7.53. The van der Waals surface area contributed by atoms with Crippen LogP contribution >= 0.6 is 19.2 Å². The lowest BCUT2D eigenvalue weighted by atomic mass is 10.4. The molecule has 0 aliphatic carbocycles. The van der Waals surface area contributed by atoms with E-state index < -0.39 is 7.60 Å². The number of hydrogen-bond donors (Lipinski definition) is 0. The molecule has 0 spiro atoms. The predicted molar refractivity (Wildman–Crippen MR) is 107 cm³/mol. The summed E-state index contributed by atoms with van der Waals surface area (Å²) in [5, 5.41) is 5.36. The lowest BCUT2D eigenvalue weighted by Crippen LogP contribution is -2.23. The SMILES string of the molecule is CCOP(=O)(CCOCC(C)OC(C)n1ncc2c(Cl)nc(C)nc21)OCC. The van der Waals surface area contributed by atoms with Gasteiger partial charge < -0.3 is 18.5 Å². The van der Waals surface area contributed by atoms with Crippen molar-refractivity contribution in [3.05, 3.63) is 17.2 Å². The van der Waals surface area contributed by atoms with Crippen molar-refractivity contribution < 1.29 is 23.1 Å². The number of halogens is 1. The zero-order valence-electron chi connectivity index (χ0n) is 16.9. The Balaban J connectivity index is 1.86. The first-order valence-electron chi connectivity index (χ1n) is 9.28. The first kappa shape index (κ1) is 23.2. The van der Waals surface area contributed by atoms with Gasteiger partial charge in [-0.15, -0.1) is 0 Å². The fraction of sp³-hybridized carbons (Fsp3) is 0.706. The molecule has 11 heteroatoms. The Morgan fingerprint density at radius 1 is 1.21 bits per heavy atom. The molecule has 0 aliphatic heterocycles. The van der Waals surface area contributed by atoms with Crippen molar-refractivity contribution in [1.29, 1.82) is 0 Å². The Labute approximate surface area is 170 Å². The van der Waals surface area contributed by atoms with Crippen molar-refractivity contribution in [2.75, 3.05) is 32.6 Å². The summed E-state index contributed by atoms with van der Waals surface area (Å²) >= 11 is 6.14. The number of ether oxygens (including phenoxy) is 2. The van der Waals surface area contributed by atoms with Crippen LogP contribution in [0.15, 0.2) is 6.20 Å². The Bertz CT molecular complexity index is 808. The summed E-state index contributed by atoms with van der Waals surface area (Å²) in [5.74, 6) is 0.566. The molecule has 0 fully saturated rings. The summed E-state index contributed by atoms with van der Waals surface area (Å²) in [6.07, 6.45) is 1.23. The second kappa shape index (κ2) is 10.6. The van der Waals surface area contributed by atoms with Crippen LogP contribution in [0.1, 0.15) is 39.7 Å². The van der Waals surface area contributed by atoms with E-state index in [1.165, 1.54) is 0 Å². The second-order valence-corrected chi connectivity index (χ2v) is 8.72. The van der Waals surface area contributed by atoms with Gasteiger partial charge >= 0.3 is 7.60 Å². The first-order chi connectivity index (χ1) is 13.3. The molecule has 0 bridgehead atoms. The lowest BCUT2D eigenvalue weighted by molar-refractivity contribution is -0.0725. The molecule has 2 heterocycles. The Hall–Kier alpha value is -1.09. The van der Waals surface area contributed by atoms with Gasteiger partial charge in [0.05, 0.1) is 50.3 Å². The summed E-state index contributed by atoms with van der Waals surface area (Å²) in [6, 6.07) is 0. The van der Waals surface area contributed by atoms with Crippen LogP contribution in [0.2, 0.25) is 5.15 Å². The van der Waals surface area contributed by atoms with Crippen molar-refractivity contribution >= 4 is 30.2 Å². The van der Waals surface area contributed by atoms with E-state index in [1.807, 2.05) is 13.8 Å². The smallest absolute Gasteiger partial charge is 0.332 e.